The number of thiophene rings is 1. The molecule has 0 saturated carbocycles. The number of hydrogen-bond donors (Lipinski definition) is 0. The molecule has 0 aliphatic carbocycles. The predicted octanol–water partition coefficient (Wildman–Crippen LogP) is 2.39. The summed E-state index contributed by atoms with van der Waals surface area (Å²) in [6.45, 7) is 1.28. The molecule has 0 aliphatic heterocycles. The van der Waals surface area contributed by atoms with Gasteiger partial charge in [-0.1, -0.05) is 0 Å². The van der Waals surface area contributed by atoms with E-state index in [9.17, 15) is 13.6 Å². The van der Waals surface area contributed by atoms with E-state index >= 15 is 0 Å². The zero-order valence-corrected chi connectivity index (χ0v) is 8.78. The summed E-state index contributed by atoms with van der Waals surface area (Å²) in [5.74, 6) is -0.343. The summed E-state index contributed by atoms with van der Waals surface area (Å²) in [6.07, 6.45) is -2.48. The molecule has 14 heavy (non-hydrogen) atoms. The van der Waals surface area contributed by atoms with Crippen LogP contribution in [0.4, 0.5) is 8.78 Å². The summed E-state index contributed by atoms with van der Waals surface area (Å²) >= 11 is 1.43. The molecular formula is C9H11F2NOS. The molecule has 0 aliphatic rings. The van der Waals surface area contributed by atoms with Gasteiger partial charge in [-0.05, 0) is 18.4 Å². The first-order valence-corrected chi connectivity index (χ1v) is 4.98. The van der Waals surface area contributed by atoms with Gasteiger partial charge in [0, 0.05) is 11.9 Å². The number of nitrogens with zero attached hydrogens (tertiary/aromatic N) is 1. The highest BCUT2D eigenvalue weighted by molar-refractivity contribution is 7.10. The topological polar surface area (TPSA) is 20.3 Å². The smallest absolute Gasteiger partial charge is 0.255 e. The molecule has 0 unspecified atom stereocenters. The molecular weight excluding hydrogens is 208 g/mol. The summed E-state index contributed by atoms with van der Waals surface area (Å²) in [5.41, 5.74) is 0.512. The van der Waals surface area contributed by atoms with Crippen LogP contribution in [0.25, 0.3) is 0 Å². The minimum absolute atomic E-state index is 0.343. The van der Waals surface area contributed by atoms with Gasteiger partial charge in [0.05, 0.1) is 12.1 Å². The van der Waals surface area contributed by atoms with Crippen molar-refractivity contribution in [1.82, 2.24) is 4.90 Å². The molecule has 0 fully saturated rings. The van der Waals surface area contributed by atoms with Crippen molar-refractivity contribution >= 4 is 17.2 Å². The first-order chi connectivity index (χ1) is 6.52. The third-order valence-electron chi connectivity index (χ3n) is 1.85. The van der Waals surface area contributed by atoms with E-state index < -0.39 is 13.0 Å². The largest absolute Gasteiger partial charge is 0.336 e. The van der Waals surface area contributed by atoms with Crippen LogP contribution in [0.5, 0.6) is 0 Å². The predicted molar refractivity (Wildman–Crippen MR) is 52.0 cm³/mol. The van der Waals surface area contributed by atoms with E-state index in [0.717, 1.165) is 9.78 Å². The van der Waals surface area contributed by atoms with Crippen molar-refractivity contribution in [2.75, 3.05) is 13.6 Å². The van der Waals surface area contributed by atoms with Gasteiger partial charge in [-0.25, -0.2) is 8.78 Å². The van der Waals surface area contributed by atoms with E-state index in [2.05, 4.69) is 0 Å². The molecule has 1 heterocycles. The third-order valence-corrected chi connectivity index (χ3v) is 2.69. The Morgan fingerprint density at radius 2 is 2.29 bits per heavy atom. The average Bonchev–Trinajstić information content (AvgIpc) is 2.48. The van der Waals surface area contributed by atoms with Crippen molar-refractivity contribution in [2.24, 2.45) is 0 Å². The molecule has 0 spiro atoms. The summed E-state index contributed by atoms with van der Waals surface area (Å²) in [6, 6.07) is 1.66. The van der Waals surface area contributed by atoms with Crippen molar-refractivity contribution in [3.05, 3.63) is 21.9 Å². The Morgan fingerprint density at radius 1 is 1.64 bits per heavy atom. The number of aryl methyl sites for hydroxylation is 1. The minimum atomic E-state index is -2.48. The fraction of sp³-hybridized carbons (Fsp3) is 0.444. The van der Waals surface area contributed by atoms with Crippen LogP contribution >= 0.6 is 11.3 Å². The molecule has 0 saturated heterocycles. The van der Waals surface area contributed by atoms with E-state index in [1.807, 2.05) is 0 Å². The zero-order valence-electron chi connectivity index (χ0n) is 7.96. The van der Waals surface area contributed by atoms with Gasteiger partial charge in [-0.15, -0.1) is 11.3 Å². The minimum Gasteiger partial charge on any atom is -0.336 e. The van der Waals surface area contributed by atoms with Gasteiger partial charge in [-0.2, -0.15) is 0 Å². The molecule has 0 aromatic carbocycles. The lowest BCUT2D eigenvalue weighted by Gasteiger charge is -2.16. The van der Waals surface area contributed by atoms with Crippen LogP contribution in [0.1, 0.15) is 15.2 Å². The molecule has 78 valence electrons. The molecule has 1 aromatic heterocycles. The van der Waals surface area contributed by atoms with Gasteiger partial charge in [0.25, 0.3) is 12.3 Å². The first kappa shape index (κ1) is 11.1. The maximum Gasteiger partial charge on any atom is 0.255 e. The van der Waals surface area contributed by atoms with Crippen molar-refractivity contribution in [3.8, 4) is 0 Å². The zero-order chi connectivity index (χ0) is 10.7. The maximum absolute atomic E-state index is 12.0. The summed E-state index contributed by atoms with van der Waals surface area (Å²) in [5, 5.41) is 1.78. The van der Waals surface area contributed by atoms with Gasteiger partial charge in [0.1, 0.15) is 0 Å². The Labute approximate surface area is 85.1 Å². The second-order valence-corrected chi connectivity index (χ2v) is 4.09. The highest BCUT2D eigenvalue weighted by Crippen LogP contribution is 2.16. The molecule has 5 heteroatoms. The van der Waals surface area contributed by atoms with Gasteiger partial charge in [0.15, 0.2) is 0 Å². The molecule has 1 aromatic rings. The van der Waals surface area contributed by atoms with Gasteiger partial charge >= 0.3 is 0 Å². The lowest BCUT2D eigenvalue weighted by Crippen LogP contribution is -2.31. The van der Waals surface area contributed by atoms with Crippen LogP contribution in [0.2, 0.25) is 0 Å². The number of carbonyl (C=O) groups excluding carboxylic acids is 1. The van der Waals surface area contributed by atoms with E-state index in [4.69, 9.17) is 0 Å². The van der Waals surface area contributed by atoms with Crippen LogP contribution in [0.15, 0.2) is 11.4 Å². The molecule has 1 rings (SSSR count). The van der Waals surface area contributed by atoms with Crippen LogP contribution < -0.4 is 0 Å². The van der Waals surface area contributed by atoms with Crippen molar-refractivity contribution in [1.29, 1.82) is 0 Å². The third kappa shape index (κ3) is 2.51. The monoisotopic (exact) mass is 219 g/mol. The fourth-order valence-electron chi connectivity index (χ4n) is 1.10. The highest BCUT2D eigenvalue weighted by atomic mass is 32.1. The maximum atomic E-state index is 12.0. The van der Waals surface area contributed by atoms with E-state index in [1.165, 1.54) is 18.4 Å². The molecule has 0 radical (unpaired) electrons. The summed E-state index contributed by atoms with van der Waals surface area (Å²) in [4.78, 5) is 13.5. The Balaban J connectivity index is 2.71. The molecule has 2 nitrogen and oxygen atoms in total. The number of rotatable bonds is 3. The van der Waals surface area contributed by atoms with Crippen molar-refractivity contribution in [3.63, 3.8) is 0 Å². The number of halogens is 2. The Hall–Kier alpha value is -0.970. The standard InChI is InChI=1S/C9H11F2NOS/c1-6-7(3-4-14-6)9(13)12(2)5-8(10)11/h3-4,8H,5H2,1-2H3. The molecule has 0 atom stereocenters. The lowest BCUT2D eigenvalue weighted by molar-refractivity contribution is 0.0620. The Kier molecular flexibility index (Phi) is 3.57. The lowest BCUT2D eigenvalue weighted by atomic mass is 10.2. The van der Waals surface area contributed by atoms with Crippen LogP contribution in [0.3, 0.4) is 0 Å². The SMILES string of the molecule is Cc1sccc1C(=O)N(C)CC(F)F. The summed E-state index contributed by atoms with van der Waals surface area (Å²) < 4.78 is 24.0. The first-order valence-electron chi connectivity index (χ1n) is 4.10. The number of hydrogen-bond acceptors (Lipinski definition) is 2. The number of alkyl halides is 2. The van der Waals surface area contributed by atoms with Crippen LogP contribution in [0, 0.1) is 6.92 Å². The average molecular weight is 219 g/mol. The fourth-order valence-corrected chi connectivity index (χ4v) is 1.79. The summed E-state index contributed by atoms with van der Waals surface area (Å²) in [7, 11) is 1.38. The van der Waals surface area contributed by atoms with E-state index in [1.54, 1.807) is 18.4 Å². The quantitative estimate of drug-likeness (QED) is 0.764. The van der Waals surface area contributed by atoms with E-state index in [-0.39, 0.29) is 5.91 Å². The molecule has 0 bridgehead atoms. The van der Waals surface area contributed by atoms with E-state index in [0.29, 0.717) is 5.56 Å². The Bertz CT molecular complexity index is 324. The second kappa shape index (κ2) is 4.50. The second-order valence-electron chi connectivity index (χ2n) is 2.97. The van der Waals surface area contributed by atoms with Gasteiger partial charge in [-0.3, -0.25) is 4.79 Å². The molecule has 1 amide bonds. The van der Waals surface area contributed by atoms with Crippen molar-refractivity contribution in [2.45, 2.75) is 13.3 Å². The highest BCUT2D eigenvalue weighted by Gasteiger charge is 2.17. The Morgan fingerprint density at radius 3 is 2.71 bits per heavy atom. The molecule has 0 N–H and O–H groups in total. The van der Waals surface area contributed by atoms with Gasteiger partial charge in [0.2, 0.25) is 0 Å². The van der Waals surface area contributed by atoms with Gasteiger partial charge < -0.3 is 4.90 Å². The van der Waals surface area contributed by atoms with Crippen LogP contribution in [-0.4, -0.2) is 30.8 Å². The normalized spacial score (nSPS) is 10.6. The van der Waals surface area contributed by atoms with Crippen molar-refractivity contribution < 1.29 is 13.6 Å². The number of amides is 1. The van der Waals surface area contributed by atoms with Crippen LogP contribution in [-0.2, 0) is 0 Å². The number of carbonyl (C=O) groups is 1.